The molecule has 0 aromatic carbocycles. The normalized spacial score (nSPS) is 25.8. The molecule has 8 unspecified atom stereocenters. The van der Waals surface area contributed by atoms with Crippen LogP contribution in [0.15, 0.2) is 0 Å². The summed E-state index contributed by atoms with van der Waals surface area (Å²) in [4.78, 5) is 141. The molecule has 72 heavy (non-hydrogen) atoms. The average Bonchev–Trinajstić information content (AvgIpc) is 4.20. The number of likely N-dealkylation sites (tertiary alicyclic amines) is 9. The first kappa shape index (κ1) is 52.1. The van der Waals surface area contributed by atoms with Gasteiger partial charge in [0, 0.05) is 172 Å². The molecule has 9 aliphatic rings. The number of carbonyl (C=O) groups excluding carboxylic acids is 9. The van der Waals surface area contributed by atoms with Crippen molar-refractivity contribution < 1.29 is 43.2 Å². The second-order valence-electron chi connectivity index (χ2n) is 22.9. The molecule has 18 heteroatoms. The van der Waals surface area contributed by atoms with Crippen LogP contribution in [-0.4, -0.2) is 211 Å². The SMILES string of the molecule is CC(CC(CC(CC(CC(CC(CC(CC(CCN1CCCC1=O)N1CCCC1=O)N1CCCC1=O)N1CCCC1=O)N1CCCC1=O)N1CCCC1=O)N1CCCC1=O)N1CCCC1=O)N1CCCC1=O. The van der Waals surface area contributed by atoms with Crippen LogP contribution < -0.4 is 0 Å². The Bertz CT molecular complexity index is 2050. The number of carbonyl (C=O) groups is 9. The predicted octanol–water partition coefficient (Wildman–Crippen LogP) is 3.68. The lowest BCUT2D eigenvalue weighted by Crippen LogP contribution is -2.53. The molecule has 0 spiro atoms. The number of hydrogen-bond acceptors (Lipinski definition) is 9. The molecule has 0 aromatic heterocycles. The summed E-state index contributed by atoms with van der Waals surface area (Å²) in [6.45, 7) is 8.19. The molecule has 9 aliphatic heterocycles. The number of rotatable bonds is 25. The van der Waals surface area contributed by atoms with Gasteiger partial charge in [0.2, 0.25) is 53.2 Å². The van der Waals surface area contributed by atoms with E-state index in [-0.39, 0.29) is 101 Å². The molecule has 0 aliphatic carbocycles. The van der Waals surface area contributed by atoms with Crippen molar-refractivity contribution in [3.8, 4) is 0 Å². The third-order valence-electron chi connectivity index (χ3n) is 18.3. The van der Waals surface area contributed by atoms with E-state index in [1.54, 1.807) is 0 Å². The molecule has 9 fully saturated rings. The van der Waals surface area contributed by atoms with Crippen LogP contribution in [0.5, 0.6) is 0 Å². The minimum absolute atomic E-state index is 0.0534. The topological polar surface area (TPSA) is 183 Å². The van der Waals surface area contributed by atoms with Crippen molar-refractivity contribution in [1.29, 1.82) is 0 Å². The van der Waals surface area contributed by atoms with Crippen LogP contribution in [0.1, 0.15) is 174 Å². The smallest absolute Gasteiger partial charge is 0.222 e. The summed E-state index contributed by atoms with van der Waals surface area (Å²) in [6.07, 6.45) is 15.1. The summed E-state index contributed by atoms with van der Waals surface area (Å²) in [5.41, 5.74) is 0. The fourth-order valence-corrected chi connectivity index (χ4v) is 14.7. The Morgan fingerprint density at radius 2 is 0.500 bits per heavy atom. The highest BCUT2D eigenvalue weighted by atomic mass is 16.2. The second-order valence-corrected chi connectivity index (χ2v) is 22.9. The van der Waals surface area contributed by atoms with Crippen LogP contribution >= 0.6 is 0 Å². The molecular weight excluding hydrogens is 919 g/mol. The molecule has 0 N–H and O–H groups in total. The Morgan fingerprint density at radius 1 is 0.278 bits per heavy atom. The van der Waals surface area contributed by atoms with Gasteiger partial charge in [-0.2, -0.15) is 0 Å². The highest BCUT2D eigenvalue weighted by Crippen LogP contribution is 2.36. The van der Waals surface area contributed by atoms with Crippen molar-refractivity contribution in [3.05, 3.63) is 0 Å². The summed E-state index contributed by atoms with van der Waals surface area (Å²) in [7, 11) is 0. The lowest BCUT2D eigenvalue weighted by Gasteiger charge is -2.43. The fraction of sp³-hybridized carbons (Fsp3) is 0.833. The predicted molar refractivity (Wildman–Crippen MR) is 266 cm³/mol. The van der Waals surface area contributed by atoms with Crippen LogP contribution in [0.4, 0.5) is 0 Å². The van der Waals surface area contributed by atoms with Crippen molar-refractivity contribution in [1.82, 2.24) is 44.1 Å². The van der Waals surface area contributed by atoms with Gasteiger partial charge in [-0.05, 0) is 116 Å². The van der Waals surface area contributed by atoms with Crippen LogP contribution in [0.3, 0.4) is 0 Å². The molecule has 0 saturated carbocycles. The Balaban J connectivity index is 1.03. The third-order valence-corrected chi connectivity index (χ3v) is 18.3. The monoisotopic (exact) mass is 1000 g/mol. The molecule has 18 nitrogen and oxygen atoms in total. The van der Waals surface area contributed by atoms with Crippen LogP contribution in [0.2, 0.25) is 0 Å². The lowest BCUT2D eigenvalue weighted by molar-refractivity contribution is -0.135. The Labute approximate surface area is 426 Å². The third kappa shape index (κ3) is 11.9. The molecule has 8 atom stereocenters. The van der Waals surface area contributed by atoms with Crippen molar-refractivity contribution in [2.75, 3.05) is 65.4 Å². The molecule has 9 saturated heterocycles. The van der Waals surface area contributed by atoms with E-state index in [4.69, 9.17) is 0 Å². The van der Waals surface area contributed by atoms with E-state index in [0.29, 0.717) is 194 Å². The van der Waals surface area contributed by atoms with Crippen LogP contribution in [0.25, 0.3) is 0 Å². The maximum absolute atomic E-state index is 14.1. The van der Waals surface area contributed by atoms with Gasteiger partial charge in [0.05, 0.1) is 0 Å². The van der Waals surface area contributed by atoms with E-state index in [1.165, 1.54) is 0 Å². The quantitative estimate of drug-likeness (QED) is 0.132. The number of nitrogens with zero attached hydrogens (tertiary/aromatic N) is 9. The second kappa shape index (κ2) is 23.6. The minimum Gasteiger partial charge on any atom is -0.343 e. The van der Waals surface area contributed by atoms with E-state index >= 15 is 0 Å². The van der Waals surface area contributed by atoms with Gasteiger partial charge < -0.3 is 44.1 Å². The first-order chi connectivity index (χ1) is 34.8. The van der Waals surface area contributed by atoms with Crippen LogP contribution in [0, 0.1) is 0 Å². The zero-order valence-corrected chi connectivity index (χ0v) is 43.3. The summed E-state index contributed by atoms with van der Waals surface area (Å²) in [6, 6.07) is -2.09. The summed E-state index contributed by atoms with van der Waals surface area (Å²) < 4.78 is 0. The van der Waals surface area contributed by atoms with E-state index in [9.17, 15) is 43.2 Å². The molecule has 398 valence electrons. The van der Waals surface area contributed by atoms with Crippen molar-refractivity contribution in [2.24, 2.45) is 0 Å². The van der Waals surface area contributed by atoms with Gasteiger partial charge in [-0.1, -0.05) is 0 Å². The lowest BCUT2D eigenvalue weighted by atomic mass is 9.87. The van der Waals surface area contributed by atoms with Crippen molar-refractivity contribution in [3.63, 3.8) is 0 Å². The maximum Gasteiger partial charge on any atom is 0.222 e. The molecule has 0 radical (unpaired) electrons. The van der Waals surface area contributed by atoms with Gasteiger partial charge in [-0.3, -0.25) is 43.2 Å². The van der Waals surface area contributed by atoms with E-state index in [0.717, 1.165) is 38.5 Å². The number of hydrogen-bond donors (Lipinski definition) is 0. The Kier molecular flexibility index (Phi) is 17.1. The van der Waals surface area contributed by atoms with E-state index < -0.39 is 0 Å². The first-order valence-electron chi connectivity index (χ1n) is 28.5. The Hall–Kier alpha value is -4.77. The van der Waals surface area contributed by atoms with Gasteiger partial charge in [0.15, 0.2) is 0 Å². The zero-order chi connectivity index (χ0) is 50.5. The highest BCUT2D eigenvalue weighted by Gasteiger charge is 2.45. The van der Waals surface area contributed by atoms with Crippen LogP contribution in [-0.2, 0) is 43.2 Å². The van der Waals surface area contributed by atoms with Gasteiger partial charge in [-0.25, -0.2) is 0 Å². The maximum atomic E-state index is 14.1. The summed E-state index contributed by atoms with van der Waals surface area (Å²) in [5.74, 6) is 0.794. The van der Waals surface area contributed by atoms with Crippen molar-refractivity contribution in [2.45, 2.75) is 222 Å². The van der Waals surface area contributed by atoms with Gasteiger partial charge in [-0.15, -0.1) is 0 Å². The highest BCUT2D eigenvalue weighted by molar-refractivity contribution is 5.82. The standard InChI is InChI=1S/C54H83N9O9/c1-38(56-22-3-12-47(56)65)31-40(58-24-5-14-49(58)67)33-42(60-26-7-16-51(60)69)35-44(62-28-9-18-53(62)71)37-45(63-29-10-19-54(63)72)36-43(61-27-8-17-52(61)70)34-41(59-25-6-15-50(59)68)32-39(57-23-4-13-48(57)66)20-30-55-21-2-11-46(55)64/h38-45H,2-37H2,1H3. The largest absolute Gasteiger partial charge is 0.343 e. The van der Waals surface area contributed by atoms with E-state index in [2.05, 4.69) is 6.92 Å². The molecule has 9 rings (SSSR count). The minimum atomic E-state index is -0.351. The molecule has 0 bridgehead atoms. The van der Waals surface area contributed by atoms with Gasteiger partial charge in [0.1, 0.15) is 0 Å². The first-order valence-corrected chi connectivity index (χ1v) is 28.5. The molecule has 9 heterocycles. The fourth-order valence-electron chi connectivity index (χ4n) is 14.7. The molecule has 0 aromatic rings. The van der Waals surface area contributed by atoms with E-state index in [1.807, 2.05) is 44.1 Å². The summed E-state index contributed by atoms with van der Waals surface area (Å²) >= 11 is 0. The van der Waals surface area contributed by atoms with Gasteiger partial charge in [0.25, 0.3) is 0 Å². The summed E-state index contributed by atoms with van der Waals surface area (Å²) in [5, 5.41) is 0. The Morgan fingerprint density at radius 3 is 0.750 bits per heavy atom. The molecule has 9 amide bonds. The molecular formula is C54H83N9O9. The average molecular weight is 1000 g/mol. The van der Waals surface area contributed by atoms with Crippen molar-refractivity contribution >= 4 is 53.2 Å². The zero-order valence-electron chi connectivity index (χ0n) is 43.3. The number of amides is 9. The van der Waals surface area contributed by atoms with Gasteiger partial charge >= 0.3 is 0 Å².